The molecule has 0 saturated heterocycles. The molecule has 0 unspecified atom stereocenters. The van der Waals surface area contributed by atoms with Crippen LogP contribution < -0.4 is 15.2 Å². The second-order valence-corrected chi connectivity index (χ2v) is 2.86. The van der Waals surface area contributed by atoms with Gasteiger partial charge in [0.05, 0.1) is 0 Å². The van der Waals surface area contributed by atoms with Gasteiger partial charge in [0.1, 0.15) is 0 Å². The van der Waals surface area contributed by atoms with E-state index in [2.05, 4.69) is 0 Å². The van der Waals surface area contributed by atoms with E-state index in [0.717, 1.165) is 5.56 Å². The third-order valence-corrected chi connectivity index (χ3v) is 1.89. The lowest BCUT2D eigenvalue weighted by molar-refractivity contribution is 0.0562. The molecule has 3 N–H and O–H groups in total. The van der Waals surface area contributed by atoms with Crippen molar-refractivity contribution < 1.29 is 14.6 Å². The van der Waals surface area contributed by atoms with Gasteiger partial charge in [-0.2, -0.15) is 0 Å². The Labute approximate surface area is 75.9 Å². The third-order valence-electron chi connectivity index (χ3n) is 1.89. The molecule has 1 aliphatic heterocycles. The Kier molecular flexibility index (Phi) is 2.08. The van der Waals surface area contributed by atoms with E-state index < -0.39 is 6.41 Å². The molecule has 4 nitrogen and oxygen atoms in total. The van der Waals surface area contributed by atoms with Gasteiger partial charge in [0.25, 0.3) is 6.41 Å². The van der Waals surface area contributed by atoms with E-state index in [1.54, 1.807) is 6.07 Å². The maximum atomic E-state index is 8.72. The molecule has 0 amide bonds. The first kappa shape index (κ1) is 8.34. The molecular formula is C9H11NO3. The van der Waals surface area contributed by atoms with Crippen LogP contribution in [-0.4, -0.2) is 18.1 Å². The van der Waals surface area contributed by atoms with Crippen LogP contribution in [0.4, 0.5) is 0 Å². The summed E-state index contributed by atoms with van der Waals surface area (Å²) in [6.45, 7) is 0.131. The van der Waals surface area contributed by atoms with E-state index in [1.807, 2.05) is 12.1 Å². The van der Waals surface area contributed by atoms with Crippen molar-refractivity contribution in [2.75, 3.05) is 6.61 Å². The normalized spacial score (nSPS) is 19.1. The van der Waals surface area contributed by atoms with Gasteiger partial charge in [-0.25, -0.2) is 0 Å². The number of aliphatic hydroxyl groups is 1. The van der Waals surface area contributed by atoms with Crippen molar-refractivity contribution in [3.63, 3.8) is 0 Å². The molecule has 2 rings (SSSR count). The molecule has 1 aliphatic rings. The highest BCUT2D eigenvalue weighted by molar-refractivity contribution is 5.44. The number of fused-ring (bicyclic) bond motifs is 1. The zero-order valence-electron chi connectivity index (χ0n) is 7.06. The molecule has 0 radical (unpaired) electrons. The maximum absolute atomic E-state index is 8.72. The lowest BCUT2D eigenvalue weighted by Crippen LogP contribution is -2.28. The van der Waals surface area contributed by atoms with Gasteiger partial charge in [0.15, 0.2) is 11.5 Å². The molecule has 70 valence electrons. The van der Waals surface area contributed by atoms with Gasteiger partial charge in [-0.3, -0.25) is 5.73 Å². The SMILES string of the molecule is N[C@@H]1Oc2ccc(CCO)cc2O1. The predicted molar refractivity (Wildman–Crippen MR) is 46.5 cm³/mol. The van der Waals surface area contributed by atoms with Crippen molar-refractivity contribution in [3.05, 3.63) is 23.8 Å². The number of nitrogens with two attached hydrogens (primary N) is 1. The van der Waals surface area contributed by atoms with Gasteiger partial charge < -0.3 is 14.6 Å². The largest absolute Gasteiger partial charge is 0.438 e. The fraction of sp³-hybridized carbons (Fsp3) is 0.333. The average molecular weight is 181 g/mol. The monoisotopic (exact) mass is 181 g/mol. The highest BCUT2D eigenvalue weighted by Crippen LogP contribution is 2.34. The molecule has 4 heteroatoms. The summed E-state index contributed by atoms with van der Waals surface area (Å²) < 4.78 is 10.3. The highest BCUT2D eigenvalue weighted by atomic mass is 16.7. The number of ether oxygens (including phenoxy) is 2. The molecule has 0 bridgehead atoms. The van der Waals surface area contributed by atoms with Crippen LogP contribution in [0.15, 0.2) is 18.2 Å². The standard InChI is InChI=1S/C9H11NO3/c10-9-12-7-2-1-6(3-4-11)5-8(7)13-9/h1-2,5,9,11H,3-4,10H2/t9-/m1/s1. The Morgan fingerprint density at radius 3 is 2.85 bits per heavy atom. The van der Waals surface area contributed by atoms with Crippen molar-refractivity contribution in [1.29, 1.82) is 0 Å². The van der Waals surface area contributed by atoms with E-state index in [9.17, 15) is 0 Å². The summed E-state index contributed by atoms with van der Waals surface area (Å²) in [4.78, 5) is 0. The van der Waals surface area contributed by atoms with Crippen LogP contribution in [0, 0.1) is 0 Å². The molecule has 1 heterocycles. The van der Waals surface area contributed by atoms with Gasteiger partial charge in [0, 0.05) is 6.61 Å². The first-order valence-corrected chi connectivity index (χ1v) is 4.12. The Morgan fingerprint density at radius 1 is 1.31 bits per heavy atom. The molecule has 0 saturated carbocycles. The topological polar surface area (TPSA) is 64.7 Å². The van der Waals surface area contributed by atoms with Gasteiger partial charge >= 0.3 is 0 Å². The predicted octanol–water partition coefficient (Wildman–Crippen LogP) is 0.235. The lowest BCUT2D eigenvalue weighted by atomic mass is 10.1. The number of benzene rings is 1. The number of hydrogen-bond acceptors (Lipinski definition) is 4. The molecule has 13 heavy (non-hydrogen) atoms. The Hall–Kier alpha value is -1.26. The van der Waals surface area contributed by atoms with Crippen molar-refractivity contribution in [2.24, 2.45) is 5.73 Å². The molecule has 0 fully saturated rings. The molecule has 1 atom stereocenters. The molecular weight excluding hydrogens is 170 g/mol. The molecule has 0 aromatic heterocycles. The number of aliphatic hydroxyl groups excluding tert-OH is 1. The van der Waals surface area contributed by atoms with Crippen molar-refractivity contribution >= 4 is 0 Å². The number of rotatable bonds is 2. The van der Waals surface area contributed by atoms with Crippen molar-refractivity contribution in [3.8, 4) is 11.5 Å². The van der Waals surface area contributed by atoms with Gasteiger partial charge in [-0.1, -0.05) is 6.07 Å². The summed E-state index contributed by atoms with van der Waals surface area (Å²) in [5.41, 5.74) is 6.43. The van der Waals surface area contributed by atoms with Crippen LogP contribution in [-0.2, 0) is 6.42 Å². The van der Waals surface area contributed by atoms with E-state index in [-0.39, 0.29) is 6.61 Å². The van der Waals surface area contributed by atoms with Crippen LogP contribution in [0.1, 0.15) is 5.56 Å². The molecule has 0 aliphatic carbocycles. The third kappa shape index (κ3) is 1.59. The zero-order valence-corrected chi connectivity index (χ0v) is 7.06. The van der Waals surface area contributed by atoms with E-state index in [0.29, 0.717) is 17.9 Å². The fourth-order valence-corrected chi connectivity index (χ4v) is 1.30. The van der Waals surface area contributed by atoms with Crippen LogP contribution in [0.5, 0.6) is 11.5 Å². The van der Waals surface area contributed by atoms with Crippen molar-refractivity contribution in [2.45, 2.75) is 12.8 Å². The minimum Gasteiger partial charge on any atom is -0.438 e. The van der Waals surface area contributed by atoms with E-state index >= 15 is 0 Å². The second kappa shape index (κ2) is 3.24. The quantitative estimate of drug-likeness (QED) is 0.685. The Morgan fingerprint density at radius 2 is 2.08 bits per heavy atom. The molecule has 1 aromatic carbocycles. The van der Waals surface area contributed by atoms with E-state index in [1.165, 1.54) is 0 Å². The smallest absolute Gasteiger partial charge is 0.300 e. The summed E-state index contributed by atoms with van der Waals surface area (Å²) in [6.07, 6.45) is -0.0781. The van der Waals surface area contributed by atoms with Gasteiger partial charge in [0.2, 0.25) is 0 Å². The second-order valence-electron chi connectivity index (χ2n) is 2.86. The Balaban J connectivity index is 2.24. The summed E-state index contributed by atoms with van der Waals surface area (Å²) in [7, 11) is 0. The van der Waals surface area contributed by atoms with Crippen LogP contribution in [0.2, 0.25) is 0 Å². The summed E-state index contributed by atoms with van der Waals surface area (Å²) in [6, 6.07) is 5.52. The lowest BCUT2D eigenvalue weighted by Gasteiger charge is -2.00. The average Bonchev–Trinajstić information content (AvgIpc) is 2.44. The maximum Gasteiger partial charge on any atom is 0.300 e. The zero-order chi connectivity index (χ0) is 9.26. The van der Waals surface area contributed by atoms with Gasteiger partial charge in [-0.15, -0.1) is 0 Å². The first-order valence-electron chi connectivity index (χ1n) is 4.12. The highest BCUT2D eigenvalue weighted by Gasteiger charge is 2.20. The number of hydrogen-bond donors (Lipinski definition) is 2. The summed E-state index contributed by atoms with van der Waals surface area (Å²) in [5, 5.41) is 8.72. The van der Waals surface area contributed by atoms with Crippen LogP contribution >= 0.6 is 0 Å². The first-order chi connectivity index (χ1) is 6.29. The van der Waals surface area contributed by atoms with E-state index in [4.69, 9.17) is 20.3 Å². The fourth-order valence-electron chi connectivity index (χ4n) is 1.30. The summed E-state index contributed by atoms with van der Waals surface area (Å²) in [5.74, 6) is 1.31. The molecule has 1 aromatic rings. The van der Waals surface area contributed by atoms with Crippen molar-refractivity contribution in [1.82, 2.24) is 0 Å². The minimum absolute atomic E-state index is 0.131. The van der Waals surface area contributed by atoms with Gasteiger partial charge in [-0.05, 0) is 24.1 Å². The molecule has 0 spiro atoms. The summed E-state index contributed by atoms with van der Waals surface area (Å²) >= 11 is 0. The Bertz CT molecular complexity index is 314. The van der Waals surface area contributed by atoms with Crippen LogP contribution in [0.25, 0.3) is 0 Å². The van der Waals surface area contributed by atoms with Crippen LogP contribution in [0.3, 0.4) is 0 Å². The minimum atomic E-state index is -0.695.